The summed E-state index contributed by atoms with van der Waals surface area (Å²) in [7, 11) is 0. The molecule has 0 unspecified atom stereocenters. The van der Waals surface area contributed by atoms with Gasteiger partial charge in [0.15, 0.2) is 0 Å². The number of aromatic amines is 1. The summed E-state index contributed by atoms with van der Waals surface area (Å²) in [5.74, 6) is 0. The fraction of sp³-hybridized carbons (Fsp3) is 0.222. The summed E-state index contributed by atoms with van der Waals surface area (Å²) in [6.45, 7) is 3.05. The maximum atomic E-state index is 12.3. The van der Waals surface area contributed by atoms with Crippen LogP contribution in [-0.4, -0.2) is 47.1 Å². The van der Waals surface area contributed by atoms with Crippen molar-refractivity contribution in [2.75, 3.05) is 36.4 Å². The van der Waals surface area contributed by atoms with Crippen molar-refractivity contribution in [2.24, 2.45) is 0 Å². The van der Waals surface area contributed by atoms with E-state index in [-0.39, 0.29) is 6.03 Å². The first-order chi connectivity index (χ1) is 11.8. The molecule has 0 spiro atoms. The molecule has 1 fully saturated rings. The Morgan fingerprint density at radius 3 is 2.75 bits per heavy atom. The zero-order valence-corrected chi connectivity index (χ0v) is 13.3. The molecule has 122 valence electrons. The maximum absolute atomic E-state index is 12.3. The lowest BCUT2D eigenvalue weighted by Crippen LogP contribution is -2.50. The van der Waals surface area contributed by atoms with Crippen molar-refractivity contribution in [3.05, 3.63) is 55.0 Å². The number of carbonyl (C=O) groups is 1. The summed E-state index contributed by atoms with van der Waals surface area (Å²) in [5.41, 5.74) is 3.09. The van der Waals surface area contributed by atoms with Crippen molar-refractivity contribution in [3.63, 3.8) is 0 Å². The van der Waals surface area contributed by atoms with Gasteiger partial charge in [0.2, 0.25) is 0 Å². The number of nitrogens with zero attached hydrogens (tertiary/aromatic N) is 3. The molecule has 1 saturated heterocycles. The van der Waals surface area contributed by atoms with Crippen molar-refractivity contribution in [1.29, 1.82) is 0 Å². The Kier molecular flexibility index (Phi) is 3.78. The van der Waals surface area contributed by atoms with Crippen LogP contribution in [0, 0.1) is 0 Å². The van der Waals surface area contributed by atoms with E-state index in [2.05, 4.69) is 44.5 Å². The zero-order chi connectivity index (χ0) is 16.4. The molecule has 1 aliphatic heterocycles. The van der Waals surface area contributed by atoms with Crippen molar-refractivity contribution < 1.29 is 4.79 Å². The molecule has 2 N–H and O–H groups in total. The van der Waals surface area contributed by atoms with Crippen LogP contribution in [0.1, 0.15) is 0 Å². The Morgan fingerprint density at radius 2 is 1.96 bits per heavy atom. The minimum Gasteiger partial charge on any atom is -0.367 e. The summed E-state index contributed by atoms with van der Waals surface area (Å²) in [6.07, 6.45) is 5.31. The third-order valence-electron chi connectivity index (χ3n) is 4.39. The molecule has 2 amide bonds. The molecule has 1 aromatic carbocycles. The van der Waals surface area contributed by atoms with Crippen molar-refractivity contribution >= 4 is 28.3 Å². The van der Waals surface area contributed by atoms with Crippen molar-refractivity contribution in [2.45, 2.75) is 0 Å². The Bertz CT molecular complexity index is 837. The third-order valence-corrected chi connectivity index (χ3v) is 4.39. The number of rotatable bonds is 2. The topological polar surface area (TPSA) is 64.3 Å². The lowest BCUT2D eigenvalue weighted by Gasteiger charge is -2.36. The number of carbonyl (C=O) groups excluding carboxylic acids is 1. The number of nitrogens with one attached hydrogen (secondary N) is 2. The summed E-state index contributed by atoms with van der Waals surface area (Å²) < 4.78 is 0. The third kappa shape index (κ3) is 2.78. The highest BCUT2D eigenvalue weighted by atomic mass is 16.2. The van der Waals surface area contributed by atoms with E-state index in [1.54, 1.807) is 12.4 Å². The number of urea groups is 1. The van der Waals surface area contributed by atoms with Gasteiger partial charge < -0.3 is 20.1 Å². The number of benzene rings is 1. The van der Waals surface area contributed by atoms with Gasteiger partial charge in [0.25, 0.3) is 0 Å². The first-order valence-electron chi connectivity index (χ1n) is 8.08. The van der Waals surface area contributed by atoms with Gasteiger partial charge in [-0.2, -0.15) is 0 Å². The highest BCUT2D eigenvalue weighted by molar-refractivity contribution is 5.93. The molecular weight excluding hydrogens is 302 g/mol. The largest absolute Gasteiger partial charge is 0.367 e. The predicted molar refractivity (Wildman–Crippen MR) is 95.3 cm³/mol. The monoisotopic (exact) mass is 321 g/mol. The average Bonchev–Trinajstić information content (AvgIpc) is 3.11. The van der Waals surface area contributed by atoms with Gasteiger partial charge in [0.05, 0.1) is 11.9 Å². The highest BCUT2D eigenvalue weighted by Crippen LogP contribution is 2.27. The molecular formula is C18H19N5O. The van der Waals surface area contributed by atoms with Crippen LogP contribution >= 0.6 is 0 Å². The standard InChI is InChI=1S/C18H19N5O/c24-18(21-14-3-2-7-19-13-14)23-11-9-22(10-12-23)17-5-1-4-16-15(17)6-8-20-16/h1-8,13,20H,9-12H2,(H,21,24). The first kappa shape index (κ1) is 14.6. The lowest BCUT2D eigenvalue weighted by atomic mass is 10.2. The molecule has 2 aromatic heterocycles. The Morgan fingerprint density at radius 1 is 1.08 bits per heavy atom. The molecule has 0 atom stereocenters. The van der Waals surface area contributed by atoms with E-state index in [0.717, 1.165) is 24.3 Å². The molecule has 0 aliphatic carbocycles. The minimum absolute atomic E-state index is 0.0671. The SMILES string of the molecule is O=C(Nc1cccnc1)N1CCN(c2cccc3[nH]ccc23)CC1. The van der Waals surface area contributed by atoms with E-state index in [9.17, 15) is 4.79 Å². The van der Waals surface area contributed by atoms with Gasteiger partial charge in [0.1, 0.15) is 0 Å². The fourth-order valence-corrected chi connectivity index (χ4v) is 3.13. The predicted octanol–water partition coefficient (Wildman–Crippen LogP) is 2.92. The second-order valence-corrected chi connectivity index (χ2v) is 5.86. The van der Waals surface area contributed by atoms with E-state index >= 15 is 0 Å². The molecule has 3 aromatic rings. The molecule has 6 nitrogen and oxygen atoms in total. The van der Waals surface area contributed by atoms with Gasteiger partial charge in [-0.25, -0.2) is 4.79 Å². The highest BCUT2D eigenvalue weighted by Gasteiger charge is 2.22. The van der Waals surface area contributed by atoms with E-state index < -0.39 is 0 Å². The second-order valence-electron chi connectivity index (χ2n) is 5.86. The molecule has 4 rings (SSSR count). The van der Waals surface area contributed by atoms with E-state index in [1.807, 2.05) is 23.2 Å². The van der Waals surface area contributed by atoms with E-state index in [1.165, 1.54) is 11.1 Å². The number of aromatic nitrogens is 2. The maximum Gasteiger partial charge on any atom is 0.322 e. The van der Waals surface area contributed by atoms with Crippen LogP contribution in [0.15, 0.2) is 55.0 Å². The van der Waals surface area contributed by atoms with Crippen LogP contribution in [0.3, 0.4) is 0 Å². The van der Waals surface area contributed by atoms with E-state index in [4.69, 9.17) is 0 Å². The summed E-state index contributed by atoms with van der Waals surface area (Å²) >= 11 is 0. The van der Waals surface area contributed by atoms with Gasteiger partial charge >= 0.3 is 6.03 Å². The summed E-state index contributed by atoms with van der Waals surface area (Å²) in [5, 5.41) is 4.12. The van der Waals surface area contributed by atoms with Crippen LogP contribution in [0.5, 0.6) is 0 Å². The molecule has 6 heteroatoms. The normalized spacial score (nSPS) is 14.8. The molecule has 0 bridgehead atoms. The summed E-state index contributed by atoms with van der Waals surface area (Å²) in [6, 6.07) is 12.0. The molecule has 0 saturated carbocycles. The minimum atomic E-state index is -0.0671. The Hall–Kier alpha value is -3.02. The summed E-state index contributed by atoms with van der Waals surface area (Å²) in [4.78, 5) is 23.8. The van der Waals surface area contributed by atoms with Gasteiger partial charge in [-0.15, -0.1) is 0 Å². The van der Waals surface area contributed by atoms with Crippen LogP contribution in [0.25, 0.3) is 10.9 Å². The van der Waals surface area contributed by atoms with Gasteiger partial charge in [0, 0.05) is 55.2 Å². The van der Waals surface area contributed by atoms with Crippen LogP contribution in [0.4, 0.5) is 16.2 Å². The molecule has 1 aliphatic rings. The first-order valence-corrected chi connectivity index (χ1v) is 8.08. The Balaban J connectivity index is 1.41. The molecule has 3 heterocycles. The van der Waals surface area contributed by atoms with Gasteiger partial charge in [-0.1, -0.05) is 6.07 Å². The number of fused-ring (bicyclic) bond motifs is 1. The average molecular weight is 321 g/mol. The number of hydrogen-bond donors (Lipinski definition) is 2. The molecule has 0 radical (unpaired) electrons. The smallest absolute Gasteiger partial charge is 0.322 e. The van der Waals surface area contributed by atoms with Crippen molar-refractivity contribution in [1.82, 2.24) is 14.9 Å². The number of amides is 2. The second kappa shape index (κ2) is 6.23. The number of hydrogen-bond acceptors (Lipinski definition) is 3. The number of piperazine rings is 1. The van der Waals surface area contributed by atoms with E-state index in [0.29, 0.717) is 13.1 Å². The van der Waals surface area contributed by atoms with Crippen LogP contribution in [0.2, 0.25) is 0 Å². The Labute approximate surface area is 140 Å². The van der Waals surface area contributed by atoms with Gasteiger partial charge in [-0.05, 0) is 30.3 Å². The quantitative estimate of drug-likeness (QED) is 0.763. The van der Waals surface area contributed by atoms with Crippen molar-refractivity contribution in [3.8, 4) is 0 Å². The number of anilines is 2. The number of H-pyrrole nitrogens is 1. The van der Waals surface area contributed by atoms with Crippen LogP contribution < -0.4 is 10.2 Å². The number of pyridine rings is 1. The van der Waals surface area contributed by atoms with Gasteiger partial charge in [-0.3, -0.25) is 4.98 Å². The molecule has 24 heavy (non-hydrogen) atoms. The van der Waals surface area contributed by atoms with Crippen LogP contribution in [-0.2, 0) is 0 Å². The lowest BCUT2D eigenvalue weighted by molar-refractivity contribution is 0.208. The fourth-order valence-electron chi connectivity index (χ4n) is 3.13. The zero-order valence-electron chi connectivity index (χ0n) is 13.3.